The van der Waals surface area contributed by atoms with Crippen molar-refractivity contribution < 1.29 is 24.4 Å². The first kappa shape index (κ1) is 37.4. The third kappa shape index (κ3) is 9.48. The minimum absolute atomic E-state index is 0.0155. The van der Waals surface area contributed by atoms with Crippen molar-refractivity contribution in [3.63, 3.8) is 0 Å². The molecule has 0 radical (unpaired) electrons. The summed E-state index contributed by atoms with van der Waals surface area (Å²) >= 11 is 0. The molecule has 2 amide bonds. The number of carbonyl (C=O) groups is 2. The lowest BCUT2D eigenvalue weighted by Gasteiger charge is -2.13. The van der Waals surface area contributed by atoms with E-state index >= 15 is 0 Å². The minimum atomic E-state index is -0.587. The highest BCUT2D eigenvalue weighted by molar-refractivity contribution is 6.14. The maximum atomic E-state index is 13.8. The molecule has 5 rings (SSSR count). The number of methoxy groups -OCH3 is 1. The zero-order valence-corrected chi connectivity index (χ0v) is 29.7. The van der Waals surface area contributed by atoms with Crippen molar-refractivity contribution in [2.24, 2.45) is 10.2 Å². The molecule has 0 fully saturated rings. The molecule has 0 bridgehead atoms. The van der Waals surface area contributed by atoms with Gasteiger partial charge in [-0.05, 0) is 47.5 Å². The molecule has 0 atom stereocenters. The van der Waals surface area contributed by atoms with Gasteiger partial charge >= 0.3 is 0 Å². The number of nitrogens with one attached hydrogen (secondary N) is 2. The van der Waals surface area contributed by atoms with Crippen LogP contribution in [0.4, 0.5) is 22.7 Å². The molecule has 0 saturated heterocycles. The summed E-state index contributed by atoms with van der Waals surface area (Å²) < 4.78 is 5.30. The number of amides is 2. The van der Waals surface area contributed by atoms with Crippen LogP contribution in [0.3, 0.4) is 0 Å². The number of nitro benzene ring substituents is 1. The molecule has 0 aliphatic heterocycles. The Morgan fingerprint density at radius 2 is 1.48 bits per heavy atom. The van der Waals surface area contributed by atoms with Gasteiger partial charge in [0.15, 0.2) is 11.5 Å². The number of benzene rings is 5. The van der Waals surface area contributed by atoms with Gasteiger partial charge in [0.2, 0.25) is 0 Å². The average Bonchev–Trinajstić information content (AvgIpc) is 3.16. The van der Waals surface area contributed by atoms with Gasteiger partial charge in [0.25, 0.3) is 17.5 Å². The van der Waals surface area contributed by atoms with E-state index in [9.17, 15) is 24.8 Å². The second kappa shape index (κ2) is 18.4. The molecule has 0 heterocycles. The summed E-state index contributed by atoms with van der Waals surface area (Å²) in [5.41, 5.74) is 0.850. The number of nitrogens with zero attached hydrogens (tertiary/aromatic N) is 3. The summed E-state index contributed by atoms with van der Waals surface area (Å²) in [6.07, 6.45) is 12.0. The van der Waals surface area contributed by atoms with Crippen LogP contribution in [0.1, 0.15) is 91.8 Å². The fraction of sp³-hybridized carbons (Fsp3) is 0.317. The predicted octanol–water partition coefficient (Wildman–Crippen LogP) is 10.9. The molecule has 0 aromatic heterocycles. The van der Waals surface area contributed by atoms with E-state index in [0.29, 0.717) is 28.6 Å². The van der Waals surface area contributed by atoms with Crippen molar-refractivity contribution in [3.05, 3.63) is 106 Å². The zero-order chi connectivity index (χ0) is 36.9. The number of unbranched alkanes of at least 4 members (excludes halogenated alkanes) is 9. The highest BCUT2D eigenvalue weighted by atomic mass is 16.6. The molecule has 5 aromatic carbocycles. The number of non-ortho nitro benzene ring substituents is 1. The second-order valence-electron chi connectivity index (χ2n) is 12.8. The highest BCUT2D eigenvalue weighted by Gasteiger charge is 2.21. The van der Waals surface area contributed by atoms with E-state index in [2.05, 4.69) is 27.8 Å². The summed E-state index contributed by atoms with van der Waals surface area (Å²) in [5, 5.41) is 39.9. The summed E-state index contributed by atoms with van der Waals surface area (Å²) in [6, 6.07) is 23.5. The van der Waals surface area contributed by atoms with Crippen LogP contribution in [0.2, 0.25) is 0 Å². The number of nitro groups is 1. The third-order valence-electron chi connectivity index (χ3n) is 9.08. The van der Waals surface area contributed by atoms with Gasteiger partial charge in [0.1, 0.15) is 11.4 Å². The van der Waals surface area contributed by atoms with Gasteiger partial charge in [0.05, 0.1) is 23.7 Å². The fourth-order valence-electron chi connectivity index (χ4n) is 6.20. The molecule has 11 nitrogen and oxygen atoms in total. The van der Waals surface area contributed by atoms with Gasteiger partial charge in [-0.15, -0.1) is 10.2 Å². The van der Waals surface area contributed by atoms with E-state index in [-0.39, 0.29) is 34.3 Å². The van der Waals surface area contributed by atoms with Crippen LogP contribution in [-0.4, -0.2) is 35.5 Å². The van der Waals surface area contributed by atoms with E-state index in [4.69, 9.17) is 4.74 Å². The summed E-state index contributed by atoms with van der Waals surface area (Å²) in [4.78, 5) is 37.7. The largest absolute Gasteiger partial charge is 0.505 e. The van der Waals surface area contributed by atoms with Crippen LogP contribution in [-0.2, 0) is 0 Å². The Labute approximate surface area is 303 Å². The lowest BCUT2D eigenvalue weighted by atomic mass is 10.00. The Morgan fingerprint density at radius 1 is 0.769 bits per heavy atom. The van der Waals surface area contributed by atoms with E-state index in [1.54, 1.807) is 24.3 Å². The van der Waals surface area contributed by atoms with Gasteiger partial charge in [-0.1, -0.05) is 107 Å². The fourth-order valence-corrected chi connectivity index (χ4v) is 6.20. The van der Waals surface area contributed by atoms with Gasteiger partial charge in [-0.3, -0.25) is 19.7 Å². The van der Waals surface area contributed by atoms with Gasteiger partial charge in [0, 0.05) is 34.6 Å². The first-order valence-corrected chi connectivity index (χ1v) is 17.9. The summed E-state index contributed by atoms with van der Waals surface area (Å²) in [5.74, 6) is -1.15. The molecule has 0 unspecified atom stereocenters. The number of aromatic hydroxyl groups is 1. The standard InChI is InChI=1S/C41H45N5O6/c1-3-4-5-6-7-8-9-10-11-14-24-42-40(48)29-20-22-33-30(25-29)26-34(41(49)43-35-19-15-17-28-16-12-13-18-32(28)35)39(47)38(33)45-44-36-23-21-31(46(50)51)27-37(36)52-2/h12-13,15-23,25-27,47H,3-11,14,24H2,1-2H3,(H,42,48)(H,43,49). The Hall–Kier alpha value is -5.84. The molecule has 0 spiro atoms. The monoisotopic (exact) mass is 703 g/mol. The van der Waals surface area contributed by atoms with Crippen LogP contribution in [0.25, 0.3) is 21.5 Å². The average molecular weight is 704 g/mol. The predicted molar refractivity (Wildman–Crippen MR) is 206 cm³/mol. The van der Waals surface area contributed by atoms with Crippen LogP contribution in [0.5, 0.6) is 11.5 Å². The molecule has 3 N–H and O–H groups in total. The van der Waals surface area contributed by atoms with Crippen LogP contribution in [0, 0.1) is 10.1 Å². The SMILES string of the molecule is CCCCCCCCCCCCNC(=O)c1ccc2c(N=Nc3ccc([N+](=O)[O-])cc3OC)c(O)c(C(=O)Nc3cccc4ccccc34)cc2c1. The molecule has 52 heavy (non-hydrogen) atoms. The van der Waals surface area contributed by atoms with E-state index in [1.165, 1.54) is 76.3 Å². The van der Waals surface area contributed by atoms with Crippen molar-refractivity contribution >= 4 is 56.1 Å². The maximum Gasteiger partial charge on any atom is 0.273 e. The molecular formula is C41H45N5O6. The van der Waals surface area contributed by atoms with Crippen LogP contribution < -0.4 is 15.4 Å². The molecule has 0 aliphatic carbocycles. The molecule has 0 aliphatic rings. The molecule has 5 aromatic rings. The molecule has 270 valence electrons. The first-order chi connectivity index (χ1) is 25.3. The van der Waals surface area contributed by atoms with E-state index < -0.39 is 16.6 Å². The third-order valence-corrected chi connectivity index (χ3v) is 9.08. The number of rotatable bonds is 18. The maximum absolute atomic E-state index is 13.8. The van der Waals surface area contributed by atoms with Gasteiger partial charge in [-0.2, -0.15) is 0 Å². The van der Waals surface area contributed by atoms with Crippen molar-refractivity contribution in [1.29, 1.82) is 0 Å². The van der Waals surface area contributed by atoms with Crippen molar-refractivity contribution in [2.45, 2.75) is 71.1 Å². The minimum Gasteiger partial charge on any atom is -0.505 e. The van der Waals surface area contributed by atoms with Gasteiger partial charge < -0.3 is 20.5 Å². The number of azo groups is 1. The number of phenolic OH excluding ortho intramolecular Hbond substituents is 1. The lowest BCUT2D eigenvalue weighted by Crippen LogP contribution is -2.24. The zero-order valence-electron chi connectivity index (χ0n) is 29.7. The van der Waals surface area contributed by atoms with Crippen LogP contribution in [0.15, 0.2) is 95.2 Å². The Balaban J connectivity index is 1.39. The topological polar surface area (TPSA) is 156 Å². The normalized spacial score (nSPS) is 11.3. The Bertz CT molecular complexity index is 2070. The number of hydrogen-bond acceptors (Lipinski definition) is 8. The lowest BCUT2D eigenvalue weighted by molar-refractivity contribution is -0.384. The second-order valence-corrected chi connectivity index (χ2v) is 12.8. The quantitative estimate of drug-likeness (QED) is 0.0357. The smallest absolute Gasteiger partial charge is 0.273 e. The number of phenols is 1. The highest BCUT2D eigenvalue weighted by Crippen LogP contribution is 2.41. The molecular weight excluding hydrogens is 658 g/mol. The van der Waals surface area contributed by atoms with E-state index in [0.717, 1.165) is 30.0 Å². The van der Waals surface area contributed by atoms with Gasteiger partial charge in [-0.25, -0.2) is 0 Å². The number of ether oxygens (including phenoxy) is 1. The number of hydrogen-bond donors (Lipinski definition) is 3. The Kier molecular flexibility index (Phi) is 13.2. The molecule has 0 saturated carbocycles. The number of fused-ring (bicyclic) bond motifs is 2. The van der Waals surface area contributed by atoms with Crippen molar-refractivity contribution in [3.8, 4) is 11.5 Å². The summed E-state index contributed by atoms with van der Waals surface area (Å²) in [6.45, 7) is 2.78. The first-order valence-electron chi connectivity index (χ1n) is 17.9. The van der Waals surface area contributed by atoms with Crippen molar-refractivity contribution in [1.82, 2.24) is 5.32 Å². The van der Waals surface area contributed by atoms with Crippen molar-refractivity contribution in [2.75, 3.05) is 19.0 Å². The number of carbonyl (C=O) groups excluding carboxylic acids is 2. The summed E-state index contributed by atoms with van der Waals surface area (Å²) in [7, 11) is 1.35. The number of anilines is 1. The van der Waals surface area contributed by atoms with E-state index in [1.807, 2.05) is 36.4 Å². The Morgan fingerprint density at radius 3 is 2.21 bits per heavy atom. The molecule has 11 heteroatoms. The van der Waals surface area contributed by atoms with Crippen LogP contribution >= 0.6 is 0 Å².